The molecule has 0 atom stereocenters. The molecule has 1 aromatic heterocycles. The summed E-state index contributed by atoms with van der Waals surface area (Å²) in [4.78, 5) is 1.37. The van der Waals surface area contributed by atoms with Crippen molar-refractivity contribution < 1.29 is 0 Å². The summed E-state index contributed by atoms with van der Waals surface area (Å²) in [6.07, 6.45) is 3.47. The minimum Gasteiger partial charge on any atom is -0.191 e. The van der Waals surface area contributed by atoms with E-state index in [-0.39, 0.29) is 9.73 Å². The van der Waals surface area contributed by atoms with Gasteiger partial charge in [-0.25, -0.2) is 0 Å². The Balaban J connectivity index is 3.07. The Morgan fingerprint density at radius 1 is 1.00 bits per heavy atom. The van der Waals surface area contributed by atoms with Gasteiger partial charge in [-0.1, -0.05) is 21.3 Å². The predicted octanol–water partition coefficient (Wildman–Crippen LogP) is 2.86. The van der Waals surface area contributed by atoms with E-state index in [9.17, 15) is 21.0 Å². The lowest BCUT2D eigenvalue weighted by molar-refractivity contribution is 1.54. The van der Waals surface area contributed by atoms with E-state index in [4.69, 9.17) is 0 Å². The molecule has 0 spiro atoms. The third-order valence-electron chi connectivity index (χ3n) is 2.69. The second-order valence-corrected chi connectivity index (χ2v) is 7.40. The van der Waals surface area contributed by atoms with E-state index in [1.54, 1.807) is 17.6 Å². The molecular formula is C14H6N4S2. The number of nitrogens with zero attached hydrogens (tertiary/aromatic N) is 4. The van der Waals surface area contributed by atoms with Crippen LogP contribution in [0.4, 0.5) is 0 Å². The molecule has 6 heteroatoms. The second-order valence-electron chi connectivity index (χ2n) is 3.60. The molecule has 0 radical (unpaired) electrons. The Morgan fingerprint density at radius 3 is 2.05 bits per heavy atom. The van der Waals surface area contributed by atoms with Crippen LogP contribution in [-0.4, -0.2) is 9.73 Å². The number of nitriles is 4. The molecule has 20 heavy (non-hydrogen) atoms. The molecule has 1 aliphatic heterocycles. The van der Waals surface area contributed by atoms with Gasteiger partial charge in [0.25, 0.3) is 0 Å². The lowest BCUT2D eigenvalue weighted by Crippen LogP contribution is -2.02. The van der Waals surface area contributed by atoms with Crippen LogP contribution in [0.1, 0.15) is 4.88 Å². The zero-order valence-corrected chi connectivity index (χ0v) is 11.7. The smallest absolute Gasteiger partial charge is 0.158 e. The molecule has 1 aromatic rings. The minimum absolute atomic E-state index is 0.0935. The Kier molecular flexibility index (Phi) is 3.74. The predicted molar refractivity (Wildman–Crippen MR) is 81.5 cm³/mol. The zero-order valence-electron chi connectivity index (χ0n) is 10.1. The van der Waals surface area contributed by atoms with E-state index in [0.29, 0.717) is 4.91 Å². The fourth-order valence-corrected chi connectivity index (χ4v) is 5.70. The maximum atomic E-state index is 9.23. The van der Waals surface area contributed by atoms with Crippen LogP contribution in [0.2, 0.25) is 0 Å². The van der Waals surface area contributed by atoms with E-state index in [2.05, 4.69) is 0 Å². The summed E-state index contributed by atoms with van der Waals surface area (Å²) in [6.45, 7) is 0. The van der Waals surface area contributed by atoms with Gasteiger partial charge in [-0.2, -0.15) is 21.0 Å². The second kappa shape index (κ2) is 5.47. The van der Waals surface area contributed by atoms with Crippen LogP contribution < -0.4 is 0 Å². The third-order valence-corrected chi connectivity index (χ3v) is 6.99. The number of rotatable bonds is 1. The standard InChI is InChI=1S/C14H6N4S2/c15-7-11(8-16)20(12(9-17)10-18)6-2-4-14(20)13-3-1-5-19-13/h1-6H. The highest BCUT2D eigenvalue weighted by Crippen LogP contribution is 2.50. The monoisotopic (exact) mass is 294 g/mol. The molecular weight excluding hydrogens is 288 g/mol. The quantitative estimate of drug-likeness (QED) is 0.744. The third kappa shape index (κ3) is 1.81. The summed E-state index contributed by atoms with van der Waals surface area (Å²) in [5.74, 6) is 0. The summed E-state index contributed by atoms with van der Waals surface area (Å²) in [5, 5.41) is 40.4. The number of thiophene rings is 1. The van der Waals surface area contributed by atoms with Crippen molar-refractivity contribution in [1.82, 2.24) is 0 Å². The van der Waals surface area contributed by atoms with Gasteiger partial charge in [0.2, 0.25) is 0 Å². The lowest BCUT2D eigenvalue weighted by Gasteiger charge is -2.14. The maximum absolute atomic E-state index is 9.23. The van der Waals surface area contributed by atoms with Crippen molar-refractivity contribution in [2.75, 3.05) is 0 Å². The molecule has 0 unspecified atom stereocenters. The highest BCUT2D eigenvalue weighted by Gasteiger charge is 2.24. The highest BCUT2D eigenvalue weighted by molar-refractivity contribution is 8.41. The molecule has 0 amide bonds. The number of hydrogen-bond donors (Lipinski definition) is 0. The summed E-state index contributed by atoms with van der Waals surface area (Å²) >= 11 is 1.45. The Hall–Kier alpha value is -2.77. The van der Waals surface area contributed by atoms with E-state index in [1.807, 2.05) is 41.8 Å². The van der Waals surface area contributed by atoms with Crippen LogP contribution in [0.5, 0.6) is 0 Å². The van der Waals surface area contributed by atoms with E-state index in [0.717, 1.165) is 4.88 Å². The van der Waals surface area contributed by atoms with Crippen molar-refractivity contribution in [2.24, 2.45) is 0 Å². The van der Waals surface area contributed by atoms with E-state index < -0.39 is 9.21 Å². The molecule has 0 saturated carbocycles. The molecule has 1 aliphatic rings. The summed E-state index contributed by atoms with van der Waals surface area (Å²) in [5.41, 5.74) is 0. The highest BCUT2D eigenvalue weighted by atomic mass is 32.2. The molecule has 94 valence electrons. The van der Waals surface area contributed by atoms with Crippen LogP contribution >= 0.6 is 20.5 Å². The molecule has 0 bridgehead atoms. The van der Waals surface area contributed by atoms with Crippen molar-refractivity contribution in [3.05, 3.63) is 40.0 Å². The van der Waals surface area contributed by atoms with Gasteiger partial charge in [0.1, 0.15) is 24.3 Å². The Bertz CT molecular complexity index is 832. The Morgan fingerprint density at radius 2 is 1.60 bits per heavy atom. The molecule has 2 heterocycles. The molecule has 0 saturated heterocycles. The average Bonchev–Trinajstić information content (AvgIpc) is 3.11. The van der Waals surface area contributed by atoms with Gasteiger partial charge in [0.15, 0.2) is 9.73 Å². The topological polar surface area (TPSA) is 95.2 Å². The minimum atomic E-state index is -2.43. The van der Waals surface area contributed by atoms with Crippen molar-refractivity contribution in [2.45, 2.75) is 0 Å². The molecule has 4 nitrogen and oxygen atoms in total. The summed E-state index contributed by atoms with van der Waals surface area (Å²) in [6, 6.07) is 11.1. The van der Waals surface area contributed by atoms with E-state index in [1.165, 1.54) is 11.3 Å². The van der Waals surface area contributed by atoms with Crippen LogP contribution in [0.15, 0.2) is 35.1 Å². The largest absolute Gasteiger partial charge is 0.191 e. The first kappa shape index (κ1) is 13.7. The first-order chi connectivity index (χ1) is 9.74. The lowest BCUT2D eigenvalue weighted by atomic mass is 10.4. The fraction of sp³-hybridized carbons (Fsp3) is 0. The van der Waals surface area contributed by atoms with E-state index >= 15 is 0 Å². The molecule has 0 N–H and O–H groups in total. The van der Waals surface area contributed by atoms with Crippen LogP contribution in [0.3, 0.4) is 0 Å². The van der Waals surface area contributed by atoms with Gasteiger partial charge in [0.05, 0.1) is 0 Å². The van der Waals surface area contributed by atoms with Gasteiger partial charge >= 0.3 is 0 Å². The first-order valence-corrected chi connectivity index (χ1v) is 7.92. The SMILES string of the molecule is N#CC(C#N)=S1(=C(C#N)C#N)C=CC=C1c1cccs1. The molecule has 0 aromatic carbocycles. The van der Waals surface area contributed by atoms with Gasteiger partial charge < -0.3 is 0 Å². The first-order valence-electron chi connectivity index (χ1n) is 5.34. The van der Waals surface area contributed by atoms with Crippen LogP contribution in [-0.2, 0) is 0 Å². The van der Waals surface area contributed by atoms with Gasteiger partial charge in [-0.3, -0.25) is 0 Å². The molecule has 0 aliphatic carbocycles. The van der Waals surface area contributed by atoms with Crippen molar-refractivity contribution in [3.63, 3.8) is 0 Å². The average molecular weight is 294 g/mol. The van der Waals surface area contributed by atoms with Crippen molar-refractivity contribution >= 4 is 35.2 Å². The van der Waals surface area contributed by atoms with Crippen molar-refractivity contribution in [3.8, 4) is 24.3 Å². The molecule has 2 rings (SSSR count). The number of allylic oxidation sites excluding steroid dienone is 2. The zero-order chi connectivity index (χ0) is 14.6. The summed E-state index contributed by atoms with van der Waals surface area (Å²) in [7, 11) is -2.43. The maximum Gasteiger partial charge on any atom is 0.158 e. The van der Waals surface area contributed by atoms with Crippen LogP contribution in [0, 0.1) is 45.3 Å². The fourth-order valence-electron chi connectivity index (χ4n) is 1.88. The summed E-state index contributed by atoms with van der Waals surface area (Å²) < 4.78 is 0. The van der Waals surface area contributed by atoms with Gasteiger partial charge in [-0.15, -0.1) is 11.3 Å². The van der Waals surface area contributed by atoms with Crippen molar-refractivity contribution in [1.29, 1.82) is 21.0 Å². The Labute approximate surface area is 120 Å². The number of hydrogen-bond acceptors (Lipinski definition) is 5. The van der Waals surface area contributed by atoms with Gasteiger partial charge in [-0.05, 0) is 22.9 Å². The van der Waals surface area contributed by atoms with Crippen LogP contribution in [0.25, 0.3) is 4.91 Å². The molecule has 0 fully saturated rings. The van der Waals surface area contributed by atoms with Gasteiger partial charge in [0, 0.05) is 9.78 Å². The normalized spacial score (nSPS) is 14.3.